The Kier molecular flexibility index (Phi) is 5.05. The van der Waals surface area contributed by atoms with Gasteiger partial charge in [0.05, 0.1) is 25.5 Å². The fraction of sp³-hybridized carbons (Fsp3) is 0.500. The number of aromatic amines is 1. The maximum atomic E-state index is 11.5. The molecule has 8 nitrogen and oxygen atoms in total. The first-order chi connectivity index (χ1) is 11.6. The largest absolute Gasteiger partial charge is 0.378 e. The highest BCUT2D eigenvalue weighted by molar-refractivity contribution is 5.44. The van der Waals surface area contributed by atoms with Gasteiger partial charge in [0.15, 0.2) is 0 Å². The Bertz CT molecular complexity index is 754. The van der Waals surface area contributed by atoms with Crippen LogP contribution in [-0.4, -0.2) is 46.2 Å². The molecule has 0 amide bonds. The summed E-state index contributed by atoms with van der Waals surface area (Å²) in [5.41, 5.74) is 1.51. The second kappa shape index (κ2) is 7.39. The molecule has 0 bridgehead atoms. The molecule has 0 atom stereocenters. The molecule has 0 aliphatic carbocycles. The zero-order chi connectivity index (χ0) is 16.9. The highest BCUT2D eigenvalue weighted by Gasteiger charge is 2.15. The predicted octanol–water partition coefficient (Wildman–Crippen LogP) is 0.879. The summed E-state index contributed by atoms with van der Waals surface area (Å²) in [5, 5.41) is 3.25. The Morgan fingerprint density at radius 3 is 2.71 bits per heavy atom. The van der Waals surface area contributed by atoms with E-state index in [1.54, 1.807) is 6.92 Å². The van der Waals surface area contributed by atoms with E-state index in [0.29, 0.717) is 31.3 Å². The van der Waals surface area contributed by atoms with Gasteiger partial charge < -0.3 is 19.9 Å². The molecule has 8 heteroatoms. The molecule has 0 saturated carbocycles. The van der Waals surface area contributed by atoms with Crippen molar-refractivity contribution in [2.75, 3.05) is 36.5 Å². The van der Waals surface area contributed by atoms with Gasteiger partial charge in [-0.3, -0.25) is 4.79 Å². The number of anilines is 2. The minimum atomic E-state index is -0.148. The molecule has 24 heavy (non-hydrogen) atoms. The number of hydrogen-bond acceptors (Lipinski definition) is 7. The minimum absolute atomic E-state index is 0.148. The van der Waals surface area contributed by atoms with Gasteiger partial charge in [-0.1, -0.05) is 6.92 Å². The van der Waals surface area contributed by atoms with Crippen molar-refractivity contribution in [3.63, 3.8) is 0 Å². The van der Waals surface area contributed by atoms with E-state index in [4.69, 9.17) is 4.74 Å². The lowest BCUT2D eigenvalue weighted by Crippen LogP contribution is -2.37. The maximum Gasteiger partial charge on any atom is 0.251 e. The van der Waals surface area contributed by atoms with Crippen LogP contribution >= 0.6 is 0 Å². The first kappa shape index (κ1) is 16.4. The molecule has 3 heterocycles. The van der Waals surface area contributed by atoms with E-state index in [1.807, 2.05) is 6.07 Å². The van der Waals surface area contributed by atoms with E-state index in [1.165, 1.54) is 6.07 Å². The second-order valence-corrected chi connectivity index (χ2v) is 5.67. The molecule has 2 aromatic heterocycles. The quantitative estimate of drug-likeness (QED) is 0.840. The fourth-order valence-electron chi connectivity index (χ4n) is 2.57. The highest BCUT2D eigenvalue weighted by Crippen LogP contribution is 2.16. The first-order valence-corrected chi connectivity index (χ1v) is 8.15. The molecule has 0 spiro atoms. The minimum Gasteiger partial charge on any atom is -0.378 e. The van der Waals surface area contributed by atoms with Crippen molar-refractivity contribution in [2.45, 2.75) is 26.8 Å². The monoisotopic (exact) mass is 330 g/mol. The predicted molar refractivity (Wildman–Crippen MR) is 91.4 cm³/mol. The smallest absolute Gasteiger partial charge is 0.251 e. The van der Waals surface area contributed by atoms with Crippen molar-refractivity contribution in [2.24, 2.45) is 0 Å². The summed E-state index contributed by atoms with van der Waals surface area (Å²) in [7, 11) is 0. The lowest BCUT2D eigenvalue weighted by molar-refractivity contribution is 0.122. The van der Waals surface area contributed by atoms with Crippen LogP contribution in [0.15, 0.2) is 16.9 Å². The van der Waals surface area contributed by atoms with Gasteiger partial charge in [0.2, 0.25) is 5.95 Å². The number of nitrogens with zero attached hydrogens (tertiary/aromatic N) is 4. The van der Waals surface area contributed by atoms with Gasteiger partial charge in [-0.15, -0.1) is 0 Å². The van der Waals surface area contributed by atoms with Crippen molar-refractivity contribution < 1.29 is 4.74 Å². The summed E-state index contributed by atoms with van der Waals surface area (Å²) in [6.07, 6.45) is 0.830. The lowest BCUT2D eigenvalue weighted by Gasteiger charge is -2.27. The van der Waals surface area contributed by atoms with E-state index in [9.17, 15) is 4.79 Å². The Morgan fingerprint density at radius 1 is 1.21 bits per heavy atom. The number of ether oxygens (including phenoxy) is 1. The van der Waals surface area contributed by atoms with Gasteiger partial charge >= 0.3 is 0 Å². The molecule has 2 aromatic rings. The van der Waals surface area contributed by atoms with Crippen molar-refractivity contribution >= 4 is 11.8 Å². The second-order valence-electron chi connectivity index (χ2n) is 5.67. The van der Waals surface area contributed by atoms with Crippen LogP contribution in [-0.2, 0) is 17.7 Å². The molecule has 2 N–H and O–H groups in total. The SMILES string of the molecule is CCc1cc(NCc2cc(=O)[nH]c(C)n2)nc(N2CCOCC2)n1. The van der Waals surface area contributed by atoms with Gasteiger partial charge in [-0.05, 0) is 13.3 Å². The maximum absolute atomic E-state index is 11.5. The molecule has 0 unspecified atom stereocenters. The topological polar surface area (TPSA) is 96.0 Å². The van der Waals surface area contributed by atoms with Crippen LogP contribution in [0.4, 0.5) is 11.8 Å². The average molecular weight is 330 g/mol. The fourth-order valence-corrected chi connectivity index (χ4v) is 2.57. The van der Waals surface area contributed by atoms with Crippen LogP contribution in [0.1, 0.15) is 24.1 Å². The summed E-state index contributed by atoms with van der Waals surface area (Å²) in [6, 6.07) is 3.43. The van der Waals surface area contributed by atoms with E-state index in [0.717, 1.165) is 37.0 Å². The Hall–Kier alpha value is -2.48. The molecule has 128 valence electrons. The first-order valence-electron chi connectivity index (χ1n) is 8.15. The summed E-state index contributed by atoms with van der Waals surface area (Å²) in [6.45, 7) is 7.24. The number of H-pyrrole nitrogens is 1. The van der Waals surface area contributed by atoms with Crippen molar-refractivity contribution in [1.82, 2.24) is 19.9 Å². The van der Waals surface area contributed by atoms with Crippen LogP contribution in [0.5, 0.6) is 0 Å². The van der Waals surface area contributed by atoms with Crippen LogP contribution in [0.2, 0.25) is 0 Å². The van der Waals surface area contributed by atoms with E-state index in [2.05, 4.69) is 37.1 Å². The molecule has 1 fully saturated rings. The summed E-state index contributed by atoms with van der Waals surface area (Å²) < 4.78 is 5.38. The molecular weight excluding hydrogens is 308 g/mol. The molecule has 3 rings (SSSR count). The van der Waals surface area contributed by atoms with Gasteiger partial charge in [0.25, 0.3) is 5.56 Å². The van der Waals surface area contributed by atoms with Gasteiger partial charge in [0.1, 0.15) is 11.6 Å². The van der Waals surface area contributed by atoms with Crippen LogP contribution < -0.4 is 15.8 Å². The molecule has 1 aliphatic heterocycles. The third kappa shape index (κ3) is 4.08. The van der Waals surface area contributed by atoms with Crippen LogP contribution in [0.25, 0.3) is 0 Å². The third-order valence-corrected chi connectivity index (χ3v) is 3.79. The number of aromatic nitrogens is 4. The Balaban J connectivity index is 1.77. The zero-order valence-electron chi connectivity index (χ0n) is 14.0. The number of aryl methyl sites for hydroxylation is 2. The Labute approximate surface area is 140 Å². The molecular formula is C16H22N6O2. The highest BCUT2D eigenvalue weighted by atomic mass is 16.5. The number of morpholine rings is 1. The normalized spacial score (nSPS) is 14.7. The van der Waals surface area contributed by atoms with Gasteiger partial charge in [0, 0.05) is 30.9 Å². The molecule has 0 radical (unpaired) electrons. The van der Waals surface area contributed by atoms with Gasteiger partial charge in [-0.25, -0.2) is 9.97 Å². The average Bonchev–Trinajstić information content (AvgIpc) is 2.59. The summed E-state index contributed by atoms with van der Waals surface area (Å²) >= 11 is 0. The van der Waals surface area contributed by atoms with Crippen molar-refractivity contribution in [1.29, 1.82) is 0 Å². The summed E-state index contributed by atoms with van der Waals surface area (Å²) in [4.78, 5) is 29.8. The zero-order valence-corrected chi connectivity index (χ0v) is 14.0. The van der Waals surface area contributed by atoms with E-state index in [-0.39, 0.29) is 5.56 Å². The molecule has 1 saturated heterocycles. The number of rotatable bonds is 5. The molecule has 0 aromatic carbocycles. The number of hydrogen-bond donors (Lipinski definition) is 2. The van der Waals surface area contributed by atoms with Crippen LogP contribution in [0, 0.1) is 6.92 Å². The standard InChI is InChI=1S/C16H22N6O2/c1-3-12-8-14(17-10-13-9-15(23)19-11(2)18-13)21-16(20-12)22-4-6-24-7-5-22/h8-9H,3-7,10H2,1-2H3,(H,17,20,21)(H,18,19,23). The van der Waals surface area contributed by atoms with Crippen molar-refractivity contribution in [3.05, 3.63) is 39.7 Å². The van der Waals surface area contributed by atoms with Crippen molar-refractivity contribution in [3.8, 4) is 0 Å². The lowest BCUT2D eigenvalue weighted by atomic mass is 10.3. The number of nitrogens with one attached hydrogen (secondary N) is 2. The third-order valence-electron chi connectivity index (χ3n) is 3.79. The van der Waals surface area contributed by atoms with Crippen LogP contribution in [0.3, 0.4) is 0 Å². The summed E-state index contributed by atoms with van der Waals surface area (Å²) in [5.74, 6) is 2.06. The Morgan fingerprint density at radius 2 is 2.00 bits per heavy atom. The van der Waals surface area contributed by atoms with Gasteiger partial charge in [-0.2, -0.15) is 4.98 Å². The molecule has 1 aliphatic rings. The van der Waals surface area contributed by atoms with E-state index < -0.39 is 0 Å². The van der Waals surface area contributed by atoms with E-state index >= 15 is 0 Å².